The Kier molecular flexibility index (Phi) is 7.60. The van der Waals surface area contributed by atoms with Crippen molar-refractivity contribution in [3.63, 3.8) is 0 Å². The fraction of sp³-hybridized carbons (Fsp3) is 0.292. The van der Waals surface area contributed by atoms with E-state index in [9.17, 15) is 9.59 Å². The van der Waals surface area contributed by atoms with Crippen LogP contribution < -0.4 is 0 Å². The molecule has 0 amide bonds. The van der Waals surface area contributed by atoms with Gasteiger partial charge in [-0.2, -0.15) is 0 Å². The van der Waals surface area contributed by atoms with Crippen molar-refractivity contribution in [1.82, 2.24) is 9.88 Å². The van der Waals surface area contributed by atoms with Crippen LogP contribution in [-0.4, -0.2) is 52.2 Å². The van der Waals surface area contributed by atoms with Crippen molar-refractivity contribution >= 4 is 29.1 Å². The van der Waals surface area contributed by atoms with Crippen LogP contribution in [0.3, 0.4) is 0 Å². The zero-order chi connectivity index (χ0) is 22.4. The Labute approximate surface area is 186 Å². The molecule has 162 valence electrons. The van der Waals surface area contributed by atoms with Gasteiger partial charge in [0.15, 0.2) is 0 Å². The molecule has 1 aliphatic carbocycles. The van der Waals surface area contributed by atoms with Crippen LogP contribution in [-0.2, 0) is 22.4 Å². The van der Waals surface area contributed by atoms with Gasteiger partial charge in [0, 0.05) is 42.0 Å². The molecule has 2 N–H and O–H groups in total. The number of carbonyl (C=O) groups is 2. The van der Waals surface area contributed by atoms with Crippen molar-refractivity contribution in [2.24, 2.45) is 0 Å². The molecule has 4 rings (SSSR count). The molecule has 0 spiro atoms. The number of rotatable bonds is 2. The number of hydrogen-bond donors (Lipinski definition) is 2. The van der Waals surface area contributed by atoms with E-state index in [1.165, 1.54) is 28.0 Å². The lowest BCUT2D eigenvalue weighted by atomic mass is 9.89. The van der Waals surface area contributed by atoms with Crippen LogP contribution in [0.25, 0.3) is 5.57 Å². The summed E-state index contributed by atoms with van der Waals surface area (Å²) in [6.45, 7) is 2.26. The normalized spacial score (nSPS) is 16.1. The third-order valence-electron chi connectivity index (χ3n) is 5.44. The summed E-state index contributed by atoms with van der Waals surface area (Å²) >= 11 is 6.26. The van der Waals surface area contributed by atoms with Crippen molar-refractivity contribution < 1.29 is 19.8 Å². The predicted octanol–water partition coefficient (Wildman–Crippen LogP) is 4.07. The van der Waals surface area contributed by atoms with E-state index in [1.807, 2.05) is 12.3 Å². The van der Waals surface area contributed by atoms with Gasteiger partial charge in [0.05, 0.1) is 5.69 Å². The smallest absolute Gasteiger partial charge is 0.328 e. The molecule has 2 aromatic rings. The number of aromatic nitrogens is 1. The van der Waals surface area contributed by atoms with E-state index in [2.05, 4.69) is 36.2 Å². The summed E-state index contributed by atoms with van der Waals surface area (Å²) in [4.78, 5) is 26.3. The zero-order valence-corrected chi connectivity index (χ0v) is 18.1. The molecule has 6 nitrogen and oxygen atoms in total. The van der Waals surface area contributed by atoms with Gasteiger partial charge in [-0.25, -0.2) is 9.59 Å². The first-order valence-corrected chi connectivity index (χ1v) is 10.5. The maximum absolute atomic E-state index is 9.55. The van der Waals surface area contributed by atoms with Gasteiger partial charge in [-0.3, -0.25) is 4.98 Å². The van der Waals surface area contributed by atoms with Crippen molar-refractivity contribution in [2.75, 3.05) is 20.1 Å². The number of nitrogens with zero attached hydrogens (tertiary/aromatic N) is 2. The highest BCUT2D eigenvalue weighted by atomic mass is 35.5. The molecule has 31 heavy (non-hydrogen) atoms. The molecule has 1 aromatic carbocycles. The number of fused-ring (bicyclic) bond motifs is 2. The van der Waals surface area contributed by atoms with Crippen LogP contribution in [0.1, 0.15) is 35.2 Å². The van der Waals surface area contributed by atoms with E-state index < -0.39 is 11.9 Å². The van der Waals surface area contributed by atoms with E-state index in [0.717, 1.165) is 43.8 Å². The van der Waals surface area contributed by atoms with Gasteiger partial charge >= 0.3 is 11.9 Å². The van der Waals surface area contributed by atoms with Crippen LogP contribution >= 0.6 is 11.6 Å². The van der Waals surface area contributed by atoms with Crippen LogP contribution in [0.2, 0.25) is 5.02 Å². The molecule has 0 unspecified atom stereocenters. The Morgan fingerprint density at radius 1 is 1.00 bits per heavy atom. The second-order valence-electron chi connectivity index (χ2n) is 7.60. The Morgan fingerprint density at radius 3 is 2.29 bits per heavy atom. The molecule has 7 heteroatoms. The number of benzene rings is 1. The summed E-state index contributed by atoms with van der Waals surface area (Å²) in [5.74, 6) is -2.51. The molecule has 1 aliphatic heterocycles. The van der Waals surface area contributed by atoms with Crippen LogP contribution in [0.15, 0.2) is 54.3 Å². The quantitative estimate of drug-likeness (QED) is 0.684. The number of piperidine rings is 1. The van der Waals surface area contributed by atoms with Gasteiger partial charge in [-0.05, 0) is 67.6 Å². The van der Waals surface area contributed by atoms with E-state index in [4.69, 9.17) is 26.8 Å². The van der Waals surface area contributed by atoms with Crippen LogP contribution in [0.4, 0.5) is 0 Å². The van der Waals surface area contributed by atoms with Gasteiger partial charge in [-0.1, -0.05) is 29.3 Å². The largest absolute Gasteiger partial charge is 0.478 e. The first-order valence-electron chi connectivity index (χ1n) is 10.1. The standard InChI is InChI=1S/C20H21ClN2.C4H4O4/c1-23-11-8-14(9-12-23)19-18-7-6-17(21)13-16(18)5-4-15-3-2-10-22-20(15)19;5-3(6)1-2-4(7)8/h2-3,6-7,10,13H,4-5,8-9,11-12H2,1H3;1-2H,(H,5,6)(H,7,8)/b;2-1-. The topological polar surface area (TPSA) is 90.7 Å². The second kappa shape index (κ2) is 10.4. The van der Waals surface area contributed by atoms with Crippen molar-refractivity contribution in [2.45, 2.75) is 25.7 Å². The first-order chi connectivity index (χ1) is 14.8. The minimum Gasteiger partial charge on any atom is -0.478 e. The fourth-order valence-corrected chi connectivity index (χ4v) is 4.11. The molecule has 1 aromatic heterocycles. The number of carboxylic acid groups (broad SMARTS) is 2. The third-order valence-corrected chi connectivity index (χ3v) is 5.68. The van der Waals surface area contributed by atoms with Crippen molar-refractivity contribution in [3.8, 4) is 0 Å². The number of hydrogen-bond acceptors (Lipinski definition) is 4. The number of aryl methyl sites for hydroxylation is 2. The summed E-state index contributed by atoms with van der Waals surface area (Å²) in [5, 5.41) is 16.5. The Bertz CT molecular complexity index is 1020. The number of likely N-dealkylation sites (tertiary alicyclic amines) is 1. The molecule has 2 aliphatic rings. The van der Waals surface area contributed by atoms with Gasteiger partial charge < -0.3 is 15.1 Å². The molecule has 0 saturated carbocycles. The van der Waals surface area contributed by atoms with Crippen LogP contribution in [0, 0.1) is 0 Å². The van der Waals surface area contributed by atoms with Gasteiger partial charge in [0.2, 0.25) is 0 Å². The summed E-state index contributed by atoms with van der Waals surface area (Å²) in [6, 6.07) is 10.6. The summed E-state index contributed by atoms with van der Waals surface area (Å²) in [6.07, 6.45) is 7.37. The minimum absolute atomic E-state index is 0.558. The average molecular weight is 441 g/mol. The molecule has 0 bridgehead atoms. The molecule has 0 radical (unpaired) electrons. The highest BCUT2D eigenvalue weighted by Gasteiger charge is 2.24. The van der Waals surface area contributed by atoms with Crippen LogP contribution in [0.5, 0.6) is 0 Å². The molecular weight excluding hydrogens is 416 g/mol. The number of halogens is 1. The molecule has 1 fully saturated rings. The predicted molar refractivity (Wildman–Crippen MR) is 120 cm³/mol. The van der Waals surface area contributed by atoms with Crippen molar-refractivity contribution in [3.05, 3.63) is 81.7 Å². The Morgan fingerprint density at radius 2 is 1.65 bits per heavy atom. The monoisotopic (exact) mass is 440 g/mol. The SMILES string of the molecule is CN1CCC(=C2c3ccc(Cl)cc3CCc3cccnc32)CC1.O=C(O)/C=C\C(=O)O. The number of carboxylic acids is 2. The molecule has 1 saturated heterocycles. The number of aliphatic carboxylic acids is 2. The van der Waals surface area contributed by atoms with E-state index >= 15 is 0 Å². The lowest BCUT2D eigenvalue weighted by Gasteiger charge is -2.27. The highest BCUT2D eigenvalue weighted by molar-refractivity contribution is 6.30. The second-order valence-corrected chi connectivity index (χ2v) is 8.04. The first kappa shape index (κ1) is 22.7. The minimum atomic E-state index is -1.26. The third kappa shape index (κ3) is 6.03. The Hall–Kier alpha value is -2.96. The summed E-state index contributed by atoms with van der Waals surface area (Å²) < 4.78 is 0. The zero-order valence-electron chi connectivity index (χ0n) is 17.3. The lowest BCUT2D eigenvalue weighted by molar-refractivity contribution is -0.134. The molecule has 0 atom stereocenters. The van der Waals surface area contributed by atoms with E-state index in [-0.39, 0.29) is 0 Å². The van der Waals surface area contributed by atoms with Gasteiger partial charge in [0.25, 0.3) is 0 Å². The highest BCUT2D eigenvalue weighted by Crippen LogP contribution is 2.38. The molecule has 2 heterocycles. The summed E-state index contributed by atoms with van der Waals surface area (Å²) in [7, 11) is 2.20. The fourth-order valence-electron chi connectivity index (χ4n) is 3.91. The lowest BCUT2D eigenvalue weighted by Crippen LogP contribution is -2.27. The van der Waals surface area contributed by atoms with E-state index in [0.29, 0.717) is 12.2 Å². The van der Waals surface area contributed by atoms with Gasteiger partial charge in [0.1, 0.15) is 0 Å². The number of pyridine rings is 1. The molecular formula is C24H25ClN2O4. The van der Waals surface area contributed by atoms with Crippen molar-refractivity contribution in [1.29, 1.82) is 0 Å². The maximum atomic E-state index is 9.55. The maximum Gasteiger partial charge on any atom is 0.328 e. The average Bonchev–Trinajstić information content (AvgIpc) is 2.90. The summed E-state index contributed by atoms with van der Waals surface area (Å²) in [5.41, 5.74) is 8.17. The Balaban J connectivity index is 0.000000293. The van der Waals surface area contributed by atoms with Gasteiger partial charge in [-0.15, -0.1) is 0 Å². The van der Waals surface area contributed by atoms with E-state index in [1.54, 1.807) is 5.57 Å².